The largest absolute Gasteiger partial charge is 0.361 e. The number of aromatic nitrogens is 3. The summed E-state index contributed by atoms with van der Waals surface area (Å²) in [5.74, 6) is 0.889. The van der Waals surface area contributed by atoms with Gasteiger partial charge in [-0.1, -0.05) is 5.16 Å². The third-order valence-electron chi connectivity index (χ3n) is 3.07. The Balaban J connectivity index is 1.96. The first-order chi connectivity index (χ1) is 8.61. The summed E-state index contributed by atoms with van der Waals surface area (Å²) in [4.78, 5) is 0. The minimum absolute atomic E-state index is 0.773. The number of hydrogen-bond acceptors (Lipinski definition) is 4. The van der Waals surface area contributed by atoms with Gasteiger partial charge in [0.2, 0.25) is 0 Å². The average molecular weight is 248 g/mol. The van der Waals surface area contributed by atoms with Crippen LogP contribution in [0.2, 0.25) is 0 Å². The predicted octanol–water partition coefficient (Wildman–Crippen LogP) is 2.11. The summed E-state index contributed by atoms with van der Waals surface area (Å²) in [6.45, 7) is 10.5. The fraction of sp³-hybridized carbons (Fsp3) is 0.538. The van der Waals surface area contributed by atoms with Gasteiger partial charge in [-0.05, 0) is 33.8 Å². The van der Waals surface area contributed by atoms with Gasteiger partial charge >= 0.3 is 0 Å². The molecule has 5 nitrogen and oxygen atoms in total. The zero-order valence-electron chi connectivity index (χ0n) is 11.4. The van der Waals surface area contributed by atoms with Crippen molar-refractivity contribution in [3.8, 4) is 0 Å². The summed E-state index contributed by atoms with van der Waals surface area (Å²) in [6.07, 6.45) is 0. The Morgan fingerprint density at radius 1 is 1.28 bits per heavy atom. The lowest BCUT2D eigenvalue weighted by atomic mass is 10.2. The van der Waals surface area contributed by atoms with Crippen molar-refractivity contribution >= 4 is 0 Å². The van der Waals surface area contributed by atoms with Gasteiger partial charge in [0, 0.05) is 25.2 Å². The van der Waals surface area contributed by atoms with E-state index in [1.807, 2.05) is 25.5 Å². The maximum absolute atomic E-state index is 5.14. The molecule has 18 heavy (non-hydrogen) atoms. The van der Waals surface area contributed by atoms with Crippen LogP contribution < -0.4 is 5.32 Å². The van der Waals surface area contributed by atoms with Crippen LogP contribution in [0.1, 0.15) is 35.3 Å². The molecular formula is C13H20N4O. The second kappa shape index (κ2) is 5.35. The molecule has 0 aliphatic rings. The first-order valence-electron chi connectivity index (χ1n) is 6.27. The minimum Gasteiger partial charge on any atom is -0.361 e. The molecule has 2 aromatic rings. The van der Waals surface area contributed by atoms with Gasteiger partial charge in [0.15, 0.2) is 0 Å². The summed E-state index contributed by atoms with van der Waals surface area (Å²) >= 11 is 0. The molecule has 0 spiro atoms. The van der Waals surface area contributed by atoms with Crippen LogP contribution in [0.25, 0.3) is 0 Å². The maximum Gasteiger partial charge on any atom is 0.138 e. The topological polar surface area (TPSA) is 55.9 Å². The number of nitrogens with one attached hydrogen (secondary N) is 1. The Hall–Kier alpha value is -1.62. The summed E-state index contributed by atoms with van der Waals surface area (Å²) in [7, 11) is 0. The van der Waals surface area contributed by atoms with Gasteiger partial charge in [0.25, 0.3) is 0 Å². The molecule has 2 aromatic heterocycles. The van der Waals surface area contributed by atoms with Gasteiger partial charge in [-0.3, -0.25) is 4.68 Å². The first kappa shape index (κ1) is 12.8. The van der Waals surface area contributed by atoms with E-state index in [9.17, 15) is 0 Å². The standard InChI is InChI=1S/C13H20N4O/c1-5-17-12(6-9(2)15-17)7-14-8-13-10(3)16-18-11(13)4/h6,14H,5,7-8H2,1-4H3. The summed E-state index contributed by atoms with van der Waals surface area (Å²) in [6, 6.07) is 2.11. The SMILES string of the molecule is CCn1nc(C)cc1CNCc1c(C)noc1C. The quantitative estimate of drug-likeness (QED) is 0.880. The molecule has 0 aliphatic carbocycles. The Morgan fingerprint density at radius 2 is 2.06 bits per heavy atom. The highest BCUT2D eigenvalue weighted by Gasteiger charge is 2.09. The van der Waals surface area contributed by atoms with Crippen molar-refractivity contribution < 1.29 is 4.52 Å². The molecule has 0 radical (unpaired) electrons. The van der Waals surface area contributed by atoms with Crippen molar-refractivity contribution in [1.82, 2.24) is 20.3 Å². The molecule has 1 N–H and O–H groups in total. The molecule has 2 rings (SSSR count). The fourth-order valence-electron chi connectivity index (χ4n) is 2.09. The summed E-state index contributed by atoms with van der Waals surface area (Å²) < 4.78 is 7.16. The minimum atomic E-state index is 0.773. The molecule has 0 atom stereocenters. The van der Waals surface area contributed by atoms with Gasteiger partial charge in [-0.2, -0.15) is 5.10 Å². The van der Waals surface area contributed by atoms with Crippen molar-refractivity contribution in [1.29, 1.82) is 0 Å². The summed E-state index contributed by atoms with van der Waals surface area (Å²) in [5.41, 5.74) is 4.38. The normalized spacial score (nSPS) is 11.1. The van der Waals surface area contributed by atoms with Crippen LogP contribution in [0.3, 0.4) is 0 Å². The van der Waals surface area contributed by atoms with Crippen molar-refractivity contribution in [2.24, 2.45) is 0 Å². The molecule has 0 unspecified atom stereocenters. The Labute approximate surface area is 107 Å². The van der Waals surface area contributed by atoms with Crippen molar-refractivity contribution in [2.45, 2.75) is 47.3 Å². The predicted molar refractivity (Wildman–Crippen MR) is 69.2 cm³/mol. The Bertz CT molecular complexity index is 508. The lowest BCUT2D eigenvalue weighted by molar-refractivity contribution is 0.391. The third-order valence-corrected chi connectivity index (χ3v) is 3.07. The zero-order valence-corrected chi connectivity index (χ0v) is 11.4. The molecule has 0 aliphatic heterocycles. The van der Waals surface area contributed by atoms with E-state index < -0.39 is 0 Å². The molecule has 0 aromatic carbocycles. The highest BCUT2D eigenvalue weighted by Crippen LogP contribution is 2.12. The monoisotopic (exact) mass is 248 g/mol. The van der Waals surface area contributed by atoms with Crippen LogP contribution in [0, 0.1) is 20.8 Å². The van der Waals surface area contributed by atoms with Crippen LogP contribution in [-0.2, 0) is 19.6 Å². The number of nitrogens with zero attached hydrogens (tertiary/aromatic N) is 3. The number of aryl methyl sites for hydroxylation is 4. The second-order valence-corrected chi connectivity index (χ2v) is 4.50. The van der Waals surface area contributed by atoms with E-state index in [1.54, 1.807) is 0 Å². The van der Waals surface area contributed by atoms with Gasteiger partial charge in [-0.25, -0.2) is 0 Å². The van der Waals surface area contributed by atoms with Crippen LogP contribution >= 0.6 is 0 Å². The van der Waals surface area contributed by atoms with Gasteiger partial charge in [0.1, 0.15) is 5.76 Å². The lowest BCUT2D eigenvalue weighted by Crippen LogP contribution is -2.16. The van der Waals surface area contributed by atoms with Gasteiger partial charge in [-0.15, -0.1) is 0 Å². The van der Waals surface area contributed by atoms with E-state index in [1.165, 1.54) is 5.69 Å². The van der Waals surface area contributed by atoms with E-state index >= 15 is 0 Å². The Morgan fingerprint density at radius 3 is 2.67 bits per heavy atom. The van der Waals surface area contributed by atoms with E-state index in [0.29, 0.717) is 0 Å². The molecule has 0 amide bonds. The maximum atomic E-state index is 5.14. The zero-order chi connectivity index (χ0) is 13.1. The van der Waals surface area contributed by atoms with Gasteiger partial charge in [0.05, 0.1) is 17.1 Å². The number of hydrogen-bond donors (Lipinski definition) is 1. The van der Waals surface area contributed by atoms with E-state index in [0.717, 1.165) is 42.3 Å². The van der Waals surface area contributed by atoms with E-state index in [-0.39, 0.29) is 0 Å². The van der Waals surface area contributed by atoms with Crippen molar-refractivity contribution in [2.75, 3.05) is 0 Å². The highest BCUT2D eigenvalue weighted by molar-refractivity contribution is 5.20. The van der Waals surface area contributed by atoms with Crippen molar-refractivity contribution in [3.63, 3.8) is 0 Å². The third kappa shape index (κ3) is 2.61. The molecule has 5 heteroatoms. The molecule has 0 bridgehead atoms. The van der Waals surface area contributed by atoms with Crippen LogP contribution in [0.4, 0.5) is 0 Å². The van der Waals surface area contributed by atoms with Crippen LogP contribution in [0.15, 0.2) is 10.6 Å². The van der Waals surface area contributed by atoms with E-state index in [2.05, 4.69) is 28.6 Å². The molecule has 0 saturated carbocycles. The lowest BCUT2D eigenvalue weighted by Gasteiger charge is -2.06. The van der Waals surface area contributed by atoms with Crippen molar-refractivity contribution in [3.05, 3.63) is 34.5 Å². The van der Waals surface area contributed by atoms with Gasteiger partial charge < -0.3 is 9.84 Å². The fourth-order valence-corrected chi connectivity index (χ4v) is 2.09. The molecule has 0 fully saturated rings. The molecule has 98 valence electrons. The molecule has 0 saturated heterocycles. The molecular weight excluding hydrogens is 228 g/mol. The van der Waals surface area contributed by atoms with Crippen LogP contribution in [0.5, 0.6) is 0 Å². The smallest absolute Gasteiger partial charge is 0.138 e. The highest BCUT2D eigenvalue weighted by atomic mass is 16.5. The molecule has 2 heterocycles. The summed E-state index contributed by atoms with van der Waals surface area (Å²) in [5, 5.41) is 11.8. The Kier molecular flexibility index (Phi) is 3.81. The number of rotatable bonds is 5. The first-order valence-corrected chi connectivity index (χ1v) is 6.27. The van der Waals surface area contributed by atoms with E-state index in [4.69, 9.17) is 4.52 Å². The second-order valence-electron chi connectivity index (χ2n) is 4.50. The van der Waals surface area contributed by atoms with Crippen LogP contribution in [-0.4, -0.2) is 14.9 Å². The average Bonchev–Trinajstić information content (AvgIpc) is 2.85.